The van der Waals surface area contributed by atoms with Crippen LogP contribution in [0.5, 0.6) is 0 Å². The number of rotatable bonds is 6. The Balaban J connectivity index is 1.79. The van der Waals surface area contributed by atoms with E-state index in [0.717, 1.165) is 11.3 Å². The molecule has 2 heterocycles. The average molecular weight is 377 g/mol. The van der Waals surface area contributed by atoms with Gasteiger partial charge in [0.1, 0.15) is 18.4 Å². The van der Waals surface area contributed by atoms with Crippen LogP contribution in [0.4, 0.5) is 0 Å². The maximum Gasteiger partial charge on any atom is 0.332 e. The number of benzene rings is 1. The molecule has 1 atom stereocenters. The summed E-state index contributed by atoms with van der Waals surface area (Å²) in [5.74, 6) is -0.453. The van der Waals surface area contributed by atoms with Crippen molar-refractivity contribution in [1.82, 2.24) is 5.01 Å². The zero-order valence-electron chi connectivity index (χ0n) is 14.1. The molecule has 1 aliphatic heterocycles. The second-order valence-electron chi connectivity index (χ2n) is 5.62. The molecular formula is C18H17ClN2O5. The number of amides is 1. The zero-order chi connectivity index (χ0) is 18.5. The molecule has 1 amide bonds. The maximum atomic E-state index is 12.5. The van der Waals surface area contributed by atoms with Crippen LogP contribution >= 0.6 is 11.6 Å². The van der Waals surface area contributed by atoms with Gasteiger partial charge in [-0.25, -0.2) is 9.80 Å². The van der Waals surface area contributed by atoms with Gasteiger partial charge in [-0.2, -0.15) is 5.10 Å². The van der Waals surface area contributed by atoms with E-state index in [1.165, 1.54) is 18.4 Å². The predicted octanol–water partition coefficient (Wildman–Crippen LogP) is 2.80. The van der Waals surface area contributed by atoms with Crippen LogP contribution in [0.2, 0.25) is 5.02 Å². The van der Waals surface area contributed by atoms with Crippen molar-refractivity contribution in [2.75, 3.05) is 20.3 Å². The Hall–Kier alpha value is -2.64. The number of carbonyl (C=O) groups is 2. The van der Waals surface area contributed by atoms with Gasteiger partial charge in [-0.15, -0.1) is 0 Å². The highest BCUT2D eigenvalue weighted by Gasteiger charge is 2.35. The number of nitrogens with zero attached hydrogens (tertiary/aromatic N) is 2. The summed E-state index contributed by atoms with van der Waals surface area (Å²) in [4.78, 5) is 23.9. The summed E-state index contributed by atoms with van der Waals surface area (Å²) >= 11 is 5.93. The topological polar surface area (TPSA) is 81.3 Å². The van der Waals surface area contributed by atoms with Crippen LogP contribution in [-0.4, -0.2) is 42.9 Å². The molecule has 1 aromatic heterocycles. The van der Waals surface area contributed by atoms with Crippen molar-refractivity contribution in [3.63, 3.8) is 0 Å². The smallest absolute Gasteiger partial charge is 0.332 e. The standard InChI is InChI=1S/C18H17ClN2O5/c1-24-11-18(23)26-10-17(22)21-15(16-3-2-8-25-16)9-14(20-21)12-4-6-13(19)7-5-12/h2-8,15H,9-11H2,1H3/t15-/m1/s1. The third-order valence-electron chi connectivity index (χ3n) is 3.83. The number of halogens is 1. The minimum Gasteiger partial charge on any atom is -0.467 e. The lowest BCUT2D eigenvalue weighted by Gasteiger charge is -2.19. The van der Waals surface area contributed by atoms with Crippen LogP contribution in [0.1, 0.15) is 23.8 Å². The number of esters is 1. The third-order valence-corrected chi connectivity index (χ3v) is 4.09. The van der Waals surface area contributed by atoms with Gasteiger partial charge in [-0.05, 0) is 29.8 Å². The number of carbonyl (C=O) groups excluding carboxylic acids is 2. The van der Waals surface area contributed by atoms with E-state index < -0.39 is 24.5 Å². The molecule has 0 bridgehead atoms. The SMILES string of the molecule is COCC(=O)OCC(=O)N1N=C(c2ccc(Cl)cc2)C[C@@H]1c1ccco1. The normalized spacial score (nSPS) is 16.5. The highest BCUT2D eigenvalue weighted by Crippen LogP contribution is 2.33. The molecule has 7 nitrogen and oxygen atoms in total. The van der Waals surface area contributed by atoms with Gasteiger partial charge >= 0.3 is 5.97 Å². The summed E-state index contributed by atoms with van der Waals surface area (Å²) in [6, 6.07) is 10.3. The summed E-state index contributed by atoms with van der Waals surface area (Å²) < 4.78 is 15.0. The van der Waals surface area contributed by atoms with E-state index in [4.69, 9.17) is 20.8 Å². The highest BCUT2D eigenvalue weighted by atomic mass is 35.5. The van der Waals surface area contributed by atoms with E-state index in [0.29, 0.717) is 17.2 Å². The Bertz CT molecular complexity index is 801. The minimum atomic E-state index is -0.614. The van der Waals surface area contributed by atoms with Crippen molar-refractivity contribution < 1.29 is 23.5 Å². The Labute approximate surface area is 155 Å². The van der Waals surface area contributed by atoms with E-state index in [2.05, 4.69) is 9.84 Å². The molecule has 0 radical (unpaired) electrons. The number of furan rings is 1. The number of methoxy groups -OCH3 is 1. The Morgan fingerprint density at radius 3 is 2.69 bits per heavy atom. The molecule has 8 heteroatoms. The molecule has 26 heavy (non-hydrogen) atoms. The summed E-state index contributed by atoms with van der Waals surface area (Å²) in [6.45, 7) is -0.634. The monoisotopic (exact) mass is 376 g/mol. The quantitative estimate of drug-likeness (QED) is 0.724. The number of hydrogen-bond donors (Lipinski definition) is 0. The van der Waals surface area contributed by atoms with E-state index in [9.17, 15) is 9.59 Å². The second-order valence-corrected chi connectivity index (χ2v) is 6.06. The van der Waals surface area contributed by atoms with E-state index >= 15 is 0 Å². The first-order valence-corrected chi connectivity index (χ1v) is 8.29. The van der Waals surface area contributed by atoms with Crippen LogP contribution in [0.15, 0.2) is 52.2 Å². The molecule has 0 saturated carbocycles. The lowest BCUT2D eigenvalue weighted by Crippen LogP contribution is -2.31. The molecule has 0 aliphatic carbocycles. The number of hydrazone groups is 1. The van der Waals surface area contributed by atoms with Crippen molar-refractivity contribution in [2.24, 2.45) is 5.10 Å². The van der Waals surface area contributed by atoms with Gasteiger partial charge in [-0.1, -0.05) is 23.7 Å². The fourth-order valence-electron chi connectivity index (χ4n) is 2.63. The van der Waals surface area contributed by atoms with Gasteiger partial charge in [0.25, 0.3) is 5.91 Å². The Morgan fingerprint density at radius 2 is 2.04 bits per heavy atom. The molecule has 0 spiro atoms. The van der Waals surface area contributed by atoms with Crippen molar-refractivity contribution in [3.05, 3.63) is 59.0 Å². The highest BCUT2D eigenvalue weighted by molar-refractivity contribution is 6.30. The summed E-state index contributed by atoms with van der Waals surface area (Å²) in [5.41, 5.74) is 1.58. The molecule has 0 N–H and O–H groups in total. The lowest BCUT2D eigenvalue weighted by molar-refractivity contribution is -0.155. The maximum absolute atomic E-state index is 12.5. The molecule has 1 aromatic carbocycles. The van der Waals surface area contributed by atoms with E-state index in [1.54, 1.807) is 24.3 Å². The zero-order valence-corrected chi connectivity index (χ0v) is 14.8. The van der Waals surface area contributed by atoms with Gasteiger partial charge in [0.05, 0.1) is 12.0 Å². The molecule has 0 unspecified atom stereocenters. The van der Waals surface area contributed by atoms with E-state index in [1.807, 2.05) is 12.1 Å². The van der Waals surface area contributed by atoms with Crippen molar-refractivity contribution in [2.45, 2.75) is 12.5 Å². The van der Waals surface area contributed by atoms with E-state index in [-0.39, 0.29) is 6.61 Å². The molecule has 1 aliphatic rings. The first-order chi connectivity index (χ1) is 12.6. The molecule has 2 aromatic rings. The van der Waals surface area contributed by atoms with Crippen LogP contribution in [-0.2, 0) is 19.1 Å². The number of ether oxygens (including phenoxy) is 2. The molecular weight excluding hydrogens is 360 g/mol. The molecule has 3 rings (SSSR count). The second kappa shape index (κ2) is 8.16. The van der Waals surface area contributed by atoms with Gasteiger partial charge in [0.15, 0.2) is 6.61 Å². The first kappa shape index (κ1) is 18.2. The van der Waals surface area contributed by atoms with Crippen molar-refractivity contribution in [3.8, 4) is 0 Å². The average Bonchev–Trinajstić information content (AvgIpc) is 3.30. The fourth-order valence-corrected chi connectivity index (χ4v) is 2.75. The van der Waals surface area contributed by atoms with Crippen molar-refractivity contribution in [1.29, 1.82) is 0 Å². The van der Waals surface area contributed by atoms with Gasteiger partial charge in [0, 0.05) is 18.6 Å². The number of hydrogen-bond acceptors (Lipinski definition) is 6. The van der Waals surface area contributed by atoms with Gasteiger partial charge in [-0.3, -0.25) is 4.79 Å². The Morgan fingerprint density at radius 1 is 1.27 bits per heavy atom. The lowest BCUT2D eigenvalue weighted by atomic mass is 10.0. The first-order valence-electron chi connectivity index (χ1n) is 7.92. The van der Waals surface area contributed by atoms with Crippen LogP contribution in [0.25, 0.3) is 0 Å². The van der Waals surface area contributed by atoms with Crippen LogP contribution < -0.4 is 0 Å². The van der Waals surface area contributed by atoms with Crippen molar-refractivity contribution >= 4 is 29.2 Å². The van der Waals surface area contributed by atoms with Crippen LogP contribution in [0.3, 0.4) is 0 Å². The molecule has 136 valence electrons. The molecule has 0 fully saturated rings. The Kier molecular flexibility index (Phi) is 5.70. The third kappa shape index (κ3) is 4.12. The largest absolute Gasteiger partial charge is 0.467 e. The summed E-state index contributed by atoms with van der Waals surface area (Å²) in [5, 5.41) is 6.34. The predicted molar refractivity (Wildman–Crippen MR) is 93.7 cm³/mol. The minimum absolute atomic E-state index is 0.214. The van der Waals surface area contributed by atoms with Crippen LogP contribution in [0, 0.1) is 0 Å². The molecule has 0 saturated heterocycles. The van der Waals surface area contributed by atoms with Gasteiger partial charge in [0.2, 0.25) is 0 Å². The summed E-state index contributed by atoms with van der Waals surface area (Å²) in [6.07, 6.45) is 2.02. The summed E-state index contributed by atoms with van der Waals surface area (Å²) in [7, 11) is 1.37. The fraction of sp³-hybridized carbons (Fsp3) is 0.278. The van der Waals surface area contributed by atoms with Gasteiger partial charge < -0.3 is 13.9 Å².